The van der Waals surface area contributed by atoms with Gasteiger partial charge in [0.25, 0.3) is 5.67 Å². The highest BCUT2D eigenvalue weighted by molar-refractivity contribution is 7.39. The minimum atomic E-state index is -6.03. The van der Waals surface area contributed by atoms with Gasteiger partial charge in [-0.05, 0) is 37.8 Å². The van der Waals surface area contributed by atoms with Crippen LogP contribution in [0.15, 0.2) is 5.16 Å². The van der Waals surface area contributed by atoms with Crippen molar-refractivity contribution in [2.45, 2.75) is 55.8 Å². The average Bonchev–Trinajstić information content (AvgIpc) is 2.50. The van der Waals surface area contributed by atoms with Crippen molar-refractivity contribution in [1.82, 2.24) is 0 Å². The van der Waals surface area contributed by atoms with Gasteiger partial charge in [0.2, 0.25) is 0 Å². The fourth-order valence-corrected chi connectivity index (χ4v) is 4.25. The first-order valence-corrected chi connectivity index (χ1v) is 8.79. The molecule has 0 radical (unpaired) electrons. The van der Waals surface area contributed by atoms with Crippen molar-refractivity contribution < 1.29 is 35.6 Å². The minimum absolute atomic E-state index is 0.148. The lowest BCUT2D eigenvalue weighted by Gasteiger charge is -2.31. The molecule has 3 nitrogen and oxygen atoms in total. The normalized spacial score (nSPS) is 21.2. The molecular formula is C14H18F7N2OP. The van der Waals surface area contributed by atoms with Crippen LogP contribution in [0, 0.1) is 17.2 Å². The summed E-state index contributed by atoms with van der Waals surface area (Å²) < 4.78 is 88.5. The van der Waals surface area contributed by atoms with Gasteiger partial charge in [-0.25, -0.2) is 4.39 Å². The Hall–Kier alpha value is -1.10. The van der Waals surface area contributed by atoms with Gasteiger partial charge in [0.05, 0.1) is 17.4 Å². The first-order valence-electron chi connectivity index (χ1n) is 7.50. The molecule has 144 valence electrons. The number of rotatable bonds is 6. The fourth-order valence-electron chi connectivity index (χ4n) is 2.69. The predicted molar refractivity (Wildman–Crippen MR) is 79.6 cm³/mol. The van der Waals surface area contributed by atoms with Crippen molar-refractivity contribution in [3.63, 3.8) is 0 Å². The summed E-state index contributed by atoms with van der Waals surface area (Å²) >= 11 is 0. The van der Waals surface area contributed by atoms with Gasteiger partial charge in [-0.1, -0.05) is 5.16 Å². The summed E-state index contributed by atoms with van der Waals surface area (Å²) in [5, 5.41) is 12.9. The predicted octanol–water partition coefficient (Wildman–Crippen LogP) is 4.97. The van der Waals surface area contributed by atoms with Crippen LogP contribution < -0.4 is 0 Å². The molecule has 1 fully saturated rings. The van der Waals surface area contributed by atoms with E-state index in [0.29, 0.717) is 25.7 Å². The van der Waals surface area contributed by atoms with Crippen LogP contribution in [-0.2, 0) is 4.84 Å². The Morgan fingerprint density at radius 1 is 1.16 bits per heavy atom. The zero-order valence-electron chi connectivity index (χ0n) is 13.3. The standard InChI is InChI=1S/C14H18F7N2OP/c1-24-23-10-4-2-9(3-5-10)11(8-22)25-7-6-12(15,13(16,17)18)14(19,20)21/h9,11,25H,2-7H2,1H3. The molecule has 1 saturated carbocycles. The Labute approximate surface area is 142 Å². The van der Waals surface area contributed by atoms with Crippen LogP contribution in [0.2, 0.25) is 0 Å². The number of nitriles is 1. The van der Waals surface area contributed by atoms with E-state index in [1.165, 1.54) is 7.11 Å². The summed E-state index contributed by atoms with van der Waals surface area (Å²) in [6, 6.07) is 1.94. The van der Waals surface area contributed by atoms with E-state index >= 15 is 0 Å². The Kier molecular flexibility index (Phi) is 7.48. The lowest BCUT2D eigenvalue weighted by Crippen LogP contribution is -2.53. The molecule has 11 heteroatoms. The zero-order chi connectivity index (χ0) is 19.3. The Morgan fingerprint density at radius 2 is 1.68 bits per heavy atom. The number of alkyl halides is 7. The number of oxime groups is 1. The van der Waals surface area contributed by atoms with Crippen molar-refractivity contribution in [2.75, 3.05) is 13.3 Å². The summed E-state index contributed by atoms with van der Waals surface area (Å²) in [5.41, 5.74) is -5.12. The van der Waals surface area contributed by atoms with Gasteiger partial charge in [-0.15, -0.1) is 8.58 Å². The van der Waals surface area contributed by atoms with E-state index in [9.17, 15) is 30.7 Å². The molecule has 1 aliphatic carbocycles. The summed E-state index contributed by atoms with van der Waals surface area (Å²) in [7, 11) is 0.899. The van der Waals surface area contributed by atoms with Gasteiger partial charge < -0.3 is 4.84 Å². The lowest BCUT2D eigenvalue weighted by atomic mass is 9.86. The molecule has 0 amide bonds. The number of hydrogen-bond donors (Lipinski definition) is 0. The highest BCUT2D eigenvalue weighted by atomic mass is 31.1. The molecule has 1 aliphatic rings. The van der Waals surface area contributed by atoms with Crippen LogP contribution in [0.1, 0.15) is 32.1 Å². The summed E-state index contributed by atoms with van der Waals surface area (Å²) in [6.07, 6.45) is -12.2. The Morgan fingerprint density at radius 3 is 2.08 bits per heavy atom. The maximum atomic E-state index is 13.6. The van der Waals surface area contributed by atoms with Crippen LogP contribution >= 0.6 is 8.58 Å². The molecule has 25 heavy (non-hydrogen) atoms. The first kappa shape index (κ1) is 21.9. The molecule has 0 N–H and O–H groups in total. The van der Waals surface area contributed by atoms with Crippen molar-refractivity contribution in [2.24, 2.45) is 11.1 Å². The van der Waals surface area contributed by atoms with Gasteiger partial charge in [-0.2, -0.15) is 31.6 Å². The van der Waals surface area contributed by atoms with E-state index in [1.54, 1.807) is 0 Å². The monoisotopic (exact) mass is 394 g/mol. The van der Waals surface area contributed by atoms with E-state index in [1.807, 2.05) is 6.07 Å². The number of hydrogen-bond acceptors (Lipinski definition) is 3. The van der Waals surface area contributed by atoms with Crippen molar-refractivity contribution in [3.05, 3.63) is 0 Å². The molecule has 0 aromatic heterocycles. The third kappa shape index (κ3) is 5.44. The molecule has 0 spiro atoms. The third-order valence-electron chi connectivity index (χ3n) is 4.17. The molecule has 2 atom stereocenters. The van der Waals surface area contributed by atoms with Crippen molar-refractivity contribution in [1.29, 1.82) is 5.26 Å². The lowest BCUT2D eigenvalue weighted by molar-refractivity contribution is -0.341. The van der Waals surface area contributed by atoms with Crippen molar-refractivity contribution in [3.8, 4) is 6.07 Å². The third-order valence-corrected chi connectivity index (χ3v) is 5.75. The summed E-state index contributed by atoms with van der Waals surface area (Å²) in [5.74, 6) is -0.148. The highest BCUT2D eigenvalue weighted by Crippen LogP contribution is 2.49. The molecule has 0 aromatic rings. The van der Waals surface area contributed by atoms with Crippen LogP contribution in [0.3, 0.4) is 0 Å². The van der Waals surface area contributed by atoms with Crippen LogP contribution in [0.5, 0.6) is 0 Å². The molecule has 0 saturated heterocycles. The number of halogens is 7. The number of nitrogens with zero attached hydrogens (tertiary/aromatic N) is 2. The Bertz CT molecular complexity index is 489. The van der Waals surface area contributed by atoms with Crippen LogP contribution in [-0.4, -0.2) is 42.7 Å². The molecule has 2 unspecified atom stereocenters. The van der Waals surface area contributed by atoms with Gasteiger partial charge in [-0.3, -0.25) is 0 Å². The molecular weight excluding hydrogens is 376 g/mol. The fraction of sp³-hybridized carbons (Fsp3) is 0.857. The quantitative estimate of drug-likeness (QED) is 0.363. The van der Waals surface area contributed by atoms with E-state index < -0.39 is 44.8 Å². The van der Waals surface area contributed by atoms with Crippen LogP contribution in [0.25, 0.3) is 0 Å². The van der Waals surface area contributed by atoms with Crippen LogP contribution in [0.4, 0.5) is 30.7 Å². The second-order valence-electron chi connectivity index (χ2n) is 5.79. The van der Waals surface area contributed by atoms with Gasteiger partial charge >= 0.3 is 12.4 Å². The SMILES string of the molecule is CON=C1CCC(C(C#N)PCCC(F)(C(F)(F)F)C(F)(F)F)CC1. The minimum Gasteiger partial charge on any atom is -0.399 e. The smallest absolute Gasteiger partial charge is 0.399 e. The topological polar surface area (TPSA) is 45.4 Å². The first-order chi connectivity index (χ1) is 11.5. The van der Waals surface area contributed by atoms with Crippen molar-refractivity contribution >= 4 is 14.3 Å². The molecule has 0 heterocycles. The largest absolute Gasteiger partial charge is 0.431 e. The molecule has 0 aromatic carbocycles. The molecule has 0 bridgehead atoms. The maximum Gasteiger partial charge on any atom is 0.431 e. The average molecular weight is 394 g/mol. The molecule has 1 rings (SSSR count). The second-order valence-corrected chi connectivity index (χ2v) is 7.32. The highest BCUT2D eigenvalue weighted by Gasteiger charge is 2.71. The van der Waals surface area contributed by atoms with E-state index in [0.717, 1.165) is 5.71 Å². The van der Waals surface area contributed by atoms with E-state index in [2.05, 4.69) is 9.99 Å². The van der Waals surface area contributed by atoms with Gasteiger partial charge in [0.15, 0.2) is 0 Å². The van der Waals surface area contributed by atoms with Gasteiger partial charge in [0, 0.05) is 6.42 Å². The zero-order valence-corrected chi connectivity index (χ0v) is 14.3. The Balaban J connectivity index is 2.63. The maximum absolute atomic E-state index is 13.6. The second kappa shape index (κ2) is 8.52. The molecule has 0 aliphatic heterocycles. The van der Waals surface area contributed by atoms with E-state index in [-0.39, 0.29) is 5.92 Å². The van der Waals surface area contributed by atoms with E-state index in [4.69, 9.17) is 5.26 Å². The summed E-state index contributed by atoms with van der Waals surface area (Å²) in [4.78, 5) is 4.64. The summed E-state index contributed by atoms with van der Waals surface area (Å²) in [6.45, 7) is 0. The van der Waals surface area contributed by atoms with Gasteiger partial charge in [0.1, 0.15) is 7.11 Å².